The van der Waals surface area contributed by atoms with E-state index in [0.29, 0.717) is 6.10 Å². The Hall–Kier alpha value is -0.300. The van der Waals surface area contributed by atoms with Gasteiger partial charge in [0.05, 0.1) is 12.7 Å². The maximum atomic E-state index is 5.28. The van der Waals surface area contributed by atoms with Crippen LogP contribution in [0.4, 0.5) is 0 Å². The molecule has 0 saturated carbocycles. The van der Waals surface area contributed by atoms with Gasteiger partial charge in [0.25, 0.3) is 0 Å². The highest BCUT2D eigenvalue weighted by Gasteiger charge is 2.25. The zero-order chi connectivity index (χ0) is 10.8. The van der Waals surface area contributed by atoms with Crippen molar-refractivity contribution in [2.45, 2.75) is 52.6 Å². The van der Waals surface area contributed by atoms with Gasteiger partial charge in [0.1, 0.15) is 0 Å². The predicted octanol–water partition coefficient (Wildman–Crippen LogP) is 3.79. The normalized spacial score (nSPS) is 35.5. The molecule has 1 aliphatic carbocycles. The average Bonchev–Trinajstić information content (AvgIpc) is 3.00. The van der Waals surface area contributed by atoms with E-state index in [1.165, 1.54) is 25.7 Å². The van der Waals surface area contributed by atoms with E-state index in [2.05, 4.69) is 26.8 Å². The van der Waals surface area contributed by atoms with E-state index in [0.717, 1.165) is 24.4 Å². The summed E-state index contributed by atoms with van der Waals surface area (Å²) in [5.74, 6) is 2.46. The molecule has 0 amide bonds. The van der Waals surface area contributed by atoms with Crippen LogP contribution in [0, 0.1) is 17.8 Å². The largest absolute Gasteiger partial charge is 0.373 e. The summed E-state index contributed by atoms with van der Waals surface area (Å²) in [6.07, 6.45) is 8.47. The van der Waals surface area contributed by atoms with Crippen molar-refractivity contribution in [3.63, 3.8) is 0 Å². The zero-order valence-electron chi connectivity index (χ0n) is 10.3. The molecule has 1 nitrogen and oxygen atoms in total. The highest BCUT2D eigenvalue weighted by atomic mass is 16.6. The molecule has 2 aliphatic rings. The lowest BCUT2D eigenvalue weighted by Crippen LogP contribution is -2.16. The van der Waals surface area contributed by atoms with Crippen molar-refractivity contribution in [2.75, 3.05) is 6.61 Å². The first-order valence-electron chi connectivity index (χ1n) is 6.49. The van der Waals surface area contributed by atoms with Crippen LogP contribution in [0.1, 0.15) is 46.5 Å². The number of hydrogen-bond donors (Lipinski definition) is 0. The molecule has 2 rings (SSSR count). The van der Waals surface area contributed by atoms with Crippen molar-refractivity contribution >= 4 is 0 Å². The molecule has 1 fully saturated rings. The van der Waals surface area contributed by atoms with Crippen LogP contribution in [0.3, 0.4) is 0 Å². The topological polar surface area (TPSA) is 12.5 Å². The van der Waals surface area contributed by atoms with Crippen LogP contribution in [0.2, 0.25) is 0 Å². The minimum atomic E-state index is 0.595. The van der Waals surface area contributed by atoms with Crippen LogP contribution in [-0.2, 0) is 4.74 Å². The third-order valence-corrected chi connectivity index (χ3v) is 4.01. The summed E-state index contributed by atoms with van der Waals surface area (Å²) in [5.41, 5.74) is 1.70. The number of allylic oxidation sites excluding steroid dienone is 2. The first-order valence-corrected chi connectivity index (χ1v) is 6.49. The highest BCUT2D eigenvalue weighted by Crippen LogP contribution is 2.35. The van der Waals surface area contributed by atoms with Crippen LogP contribution in [-0.4, -0.2) is 12.7 Å². The second-order valence-corrected chi connectivity index (χ2v) is 5.62. The van der Waals surface area contributed by atoms with Crippen LogP contribution < -0.4 is 0 Å². The van der Waals surface area contributed by atoms with Gasteiger partial charge in [-0.2, -0.15) is 0 Å². The first-order chi connectivity index (χ1) is 7.16. The Morgan fingerprint density at radius 2 is 2.13 bits per heavy atom. The van der Waals surface area contributed by atoms with Crippen LogP contribution in [0.15, 0.2) is 11.6 Å². The van der Waals surface area contributed by atoms with E-state index < -0.39 is 0 Å². The Kier molecular flexibility index (Phi) is 3.50. The molecule has 0 radical (unpaired) electrons. The van der Waals surface area contributed by atoms with Gasteiger partial charge in [-0.15, -0.1) is 0 Å². The second kappa shape index (κ2) is 4.69. The van der Waals surface area contributed by atoms with E-state index in [1.807, 2.05) is 0 Å². The summed E-state index contributed by atoms with van der Waals surface area (Å²) < 4.78 is 5.28. The average molecular weight is 208 g/mol. The van der Waals surface area contributed by atoms with E-state index >= 15 is 0 Å². The molecule has 86 valence electrons. The molecule has 1 heteroatoms. The molecular formula is C14H24O. The summed E-state index contributed by atoms with van der Waals surface area (Å²) in [5, 5.41) is 0. The monoisotopic (exact) mass is 208 g/mol. The summed E-state index contributed by atoms with van der Waals surface area (Å²) in [7, 11) is 0. The fourth-order valence-corrected chi connectivity index (χ4v) is 2.57. The van der Waals surface area contributed by atoms with E-state index in [4.69, 9.17) is 4.74 Å². The number of epoxide rings is 1. The van der Waals surface area contributed by atoms with Gasteiger partial charge in [-0.3, -0.25) is 0 Å². The maximum Gasteiger partial charge on any atom is 0.0813 e. The Morgan fingerprint density at radius 3 is 2.73 bits per heavy atom. The Morgan fingerprint density at radius 1 is 1.40 bits per heavy atom. The van der Waals surface area contributed by atoms with Crippen LogP contribution >= 0.6 is 0 Å². The molecule has 0 bridgehead atoms. The van der Waals surface area contributed by atoms with Gasteiger partial charge in [0.15, 0.2) is 0 Å². The van der Waals surface area contributed by atoms with Crippen LogP contribution in [0.25, 0.3) is 0 Å². The van der Waals surface area contributed by atoms with E-state index in [1.54, 1.807) is 5.57 Å². The van der Waals surface area contributed by atoms with Gasteiger partial charge >= 0.3 is 0 Å². The van der Waals surface area contributed by atoms with Crippen molar-refractivity contribution < 1.29 is 4.74 Å². The molecule has 1 saturated heterocycles. The third-order valence-electron chi connectivity index (χ3n) is 4.01. The molecule has 1 heterocycles. The molecule has 0 spiro atoms. The molecular weight excluding hydrogens is 184 g/mol. The quantitative estimate of drug-likeness (QED) is 0.506. The molecule has 1 aliphatic heterocycles. The van der Waals surface area contributed by atoms with Gasteiger partial charge in [-0.05, 0) is 43.4 Å². The number of hydrogen-bond acceptors (Lipinski definition) is 1. The summed E-state index contributed by atoms with van der Waals surface area (Å²) in [6.45, 7) is 8.09. The third kappa shape index (κ3) is 3.07. The summed E-state index contributed by atoms with van der Waals surface area (Å²) >= 11 is 0. The minimum Gasteiger partial charge on any atom is -0.373 e. The fraction of sp³-hybridized carbons (Fsp3) is 0.857. The molecule has 0 aromatic rings. The maximum absolute atomic E-state index is 5.28. The van der Waals surface area contributed by atoms with E-state index in [-0.39, 0.29) is 0 Å². The van der Waals surface area contributed by atoms with Crippen LogP contribution in [0.5, 0.6) is 0 Å². The van der Waals surface area contributed by atoms with Crippen molar-refractivity contribution in [2.24, 2.45) is 17.8 Å². The summed E-state index contributed by atoms with van der Waals surface area (Å²) in [4.78, 5) is 0. The van der Waals surface area contributed by atoms with Gasteiger partial charge < -0.3 is 4.74 Å². The zero-order valence-corrected chi connectivity index (χ0v) is 10.3. The molecule has 0 aromatic carbocycles. The predicted molar refractivity (Wildman–Crippen MR) is 63.8 cm³/mol. The van der Waals surface area contributed by atoms with Crippen molar-refractivity contribution in [1.82, 2.24) is 0 Å². The lowest BCUT2D eigenvalue weighted by Gasteiger charge is -2.28. The Balaban J connectivity index is 1.91. The standard InChI is InChI=1S/C14H24O/c1-10(2)12-5-4-11(3)13(8-12)6-7-14-9-15-14/h8,10-12,14H,4-7,9H2,1-3H3/t11-,12+,14-/m1/s1. The SMILES string of the molecule is CC(C)[C@@H]1C=C(CC[C@@H]2CO2)[C@H](C)CC1. The Labute approximate surface area is 93.9 Å². The summed E-state index contributed by atoms with van der Waals surface area (Å²) in [6, 6.07) is 0. The van der Waals surface area contributed by atoms with Gasteiger partial charge in [-0.25, -0.2) is 0 Å². The van der Waals surface area contributed by atoms with Gasteiger partial charge in [0.2, 0.25) is 0 Å². The molecule has 15 heavy (non-hydrogen) atoms. The number of rotatable bonds is 4. The lowest BCUT2D eigenvalue weighted by molar-refractivity contribution is 0.357. The lowest BCUT2D eigenvalue weighted by atomic mass is 9.77. The molecule has 0 N–H and O–H groups in total. The first kappa shape index (κ1) is 11.2. The molecule has 3 atom stereocenters. The Bertz CT molecular complexity index is 238. The smallest absolute Gasteiger partial charge is 0.0813 e. The van der Waals surface area contributed by atoms with Crippen molar-refractivity contribution in [3.8, 4) is 0 Å². The van der Waals surface area contributed by atoms with Gasteiger partial charge in [0, 0.05) is 0 Å². The fourth-order valence-electron chi connectivity index (χ4n) is 2.57. The highest BCUT2D eigenvalue weighted by molar-refractivity contribution is 5.12. The van der Waals surface area contributed by atoms with E-state index in [9.17, 15) is 0 Å². The molecule has 0 unspecified atom stereocenters. The molecule has 0 aromatic heterocycles. The second-order valence-electron chi connectivity index (χ2n) is 5.62. The van der Waals surface area contributed by atoms with Crippen molar-refractivity contribution in [1.29, 1.82) is 0 Å². The number of ether oxygens (including phenoxy) is 1. The van der Waals surface area contributed by atoms with Gasteiger partial charge in [-0.1, -0.05) is 32.4 Å². The minimum absolute atomic E-state index is 0.595. The van der Waals surface area contributed by atoms with Crippen molar-refractivity contribution in [3.05, 3.63) is 11.6 Å².